The van der Waals surface area contributed by atoms with E-state index in [1.807, 2.05) is 50.2 Å². The average Bonchev–Trinajstić information content (AvgIpc) is 3.10. The van der Waals surface area contributed by atoms with Crippen molar-refractivity contribution in [2.45, 2.75) is 13.8 Å². The quantitative estimate of drug-likeness (QED) is 0.465. The Morgan fingerprint density at radius 2 is 1.62 bits per heavy atom. The molecule has 0 bridgehead atoms. The maximum absolute atomic E-state index is 13.5. The summed E-state index contributed by atoms with van der Waals surface area (Å²) >= 11 is 6.08. The Balaban J connectivity index is 1.83. The van der Waals surface area contributed by atoms with Crippen molar-refractivity contribution < 1.29 is 14.3 Å². The summed E-state index contributed by atoms with van der Waals surface area (Å²) in [7, 11) is 3.16. The molecule has 0 aliphatic carbocycles. The minimum Gasteiger partial charge on any atom is -0.493 e. The molecule has 1 amide bonds. The normalized spacial score (nSPS) is 14.7. The van der Waals surface area contributed by atoms with Crippen LogP contribution in [0.2, 0.25) is 5.02 Å². The summed E-state index contributed by atoms with van der Waals surface area (Å²) in [5.41, 5.74) is 4.84. The molecule has 0 atom stereocenters. The monoisotopic (exact) mass is 446 g/mol. The van der Waals surface area contributed by atoms with Crippen LogP contribution in [-0.2, 0) is 4.79 Å². The van der Waals surface area contributed by atoms with Crippen LogP contribution in [-0.4, -0.2) is 26.0 Å². The Bertz CT molecular complexity index is 1250. The lowest BCUT2D eigenvalue weighted by Crippen LogP contribution is -2.33. The molecule has 1 heterocycles. The molecule has 0 fully saturated rings. The lowest BCUT2D eigenvalue weighted by atomic mass is 10.1. The third-order valence-corrected chi connectivity index (χ3v) is 5.52. The number of methoxy groups -OCH3 is 2. The molecule has 3 aromatic rings. The average molecular weight is 447 g/mol. The number of hydrogen-bond acceptors (Lipinski definition) is 4. The van der Waals surface area contributed by atoms with Crippen molar-refractivity contribution in [1.82, 2.24) is 0 Å². The van der Waals surface area contributed by atoms with Gasteiger partial charge in [0.25, 0.3) is 5.91 Å². The van der Waals surface area contributed by atoms with Gasteiger partial charge in [-0.25, -0.2) is 4.99 Å². The van der Waals surface area contributed by atoms with Gasteiger partial charge in [-0.2, -0.15) is 0 Å². The molecule has 0 N–H and O–H groups in total. The summed E-state index contributed by atoms with van der Waals surface area (Å²) in [5, 5.41) is 0.623. The standard InChI is InChI=1S/C26H23ClN2O3/c1-16-5-11-22(17(2)13-16)29-25(19-7-9-20(27)10-8-19)28-21(26(29)30)14-18-6-12-23(31-3)24(15-18)32-4/h5-15H,1-4H3. The number of carbonyl (C=O) groups is 1. The van der Waals surface area contributed by atoms with Gasteiger partial charge in [-0.15, -0.1) is 0 Å². The number of ether oxygens (including phenoxy) is 2. The largest absolute Gasteiger partial charge is 0.493 e. The molecule has 162 valence electrons. The highest BCUT2D eigenvalue weighted by atomic mass is 35.5. The zero-order valence-corrected chi connectivity index (χ0v) is 19.1. The first kappa shape index (κ1) is 21.7. The summed E-state index contributed by atoms with van der Waals surface area (Å²) in [6, 6.07) is 18.8. The van der Waals surface area contributed by atoms with Gasteiger partial charge in [0.15, 0.2) is 11.5 Å². The number of aryl methyl sites for hydroxylation is 2. The van der Waals surface area contributed by atoms with E-state index < -0.39 is 0 Å². The number of amides is 1. The fourth-order valence-corrected chi connectivity index (χ4v) is 3.82. The van der Waals surface area contributed by atoms with E-state index in [0.29, 0.717) is 28.1 Å². The highest BCUT2D eigenvalue weighted by Crippen LogP contribution is 2.33. The highest BCUT2D eigenvalue weighted by molar-refractivity contribution is 6.34. The number of amidine groups is 1. The van der Waals surface area contributed by atoms with Gasteiger partial charge in [-0.05, 0) is 73.5 Å². The van der Waals surface area contributed by atoms with Crippen LogP contribution in [0, 0.1) is 13.8 Å². The highest BCUT2D eigenvalue weighted by Gasteiger charge is 2.33. The maximum atomic E-state index is 13.5. The van der Waals surface area contributed by atoms with Crippen LogP contribution >= 0.6 is 11.6 Å². The zero-order chi connectivity index (χ0) is 22.8. The number of benzene rings is 3. The van der Waals surface area contributed by atoms with Crippen LogP contribution in [0.15, 0.2) is 71.4 Å². The SMILES string of the molecule is COc1ccc(C=C2N=C(c3ccc(Cl)cc3)N(c3ccc(C)cc3C)C2=O)cc1OC. The minimum atomic E-state index is -0.198. The Hall–Kier alpha value is -3.57. The van der Waals surface area contributed by atoms with Gasteiger partial charge in [0.1, 0.15) is 11.5 Å². The Morgan fingerprint density at radius 1 is 0.906 bits per heavy atom. The summed E-state index contributed by atoms with van der Waals surface area (Å²) < 4.78 is 10.7. The van der Waals surface area contributed by atoms with Gasteiger partial charge >= 0.3 is 0 Å². The summed E-state index contributed by atoms with van der Waals surface area (Å²) in [6.45, 7) is 4.02. The van der Waals surface area contributed by atoms with Gasteiger partial charge in [0.05, 0.1) is 19.9 Å². The van der Waals surface area contributed by atoms with Crippen molar-refractivity contribution in [3.63, 3.8) is 0 Å². The van der Waals surface area contributed by atoms with Crippen molar-refractivity contribution in [3.8, 4) is 11.5 Å². The molecule has 0 unspecified atom stereocenters. The second-order valence-electron chi connectivity index (χ2n) is 7.52. The van der Waals surface area contributed by atoms with Crippen LogP contribution in [0.25, 0.3) is 6.08 Å². The van der Waals surface area contributed by atoms with E-state index in [2.05, 4.69) is 6.07 Å². The molecule has 6 heteroatoms. The fraction of sp³-hybridized carbons (Fsp3) is 0.154. The number of rotatable bonds is 5. The van der Waals surface area contributed by atoms with Crippen LogP contribution in [0.4, 0.5) is 5.69 Å². The third-order valence-electron chi connectivity index (χ3n) is 5.27. The minimum absolute atomic E-state index is 0.198. The molecule has 0 saturated heterocycles. The van der Waals surface area contributed by atoms with Crippen molar-refractivity contribution in [2.24, 2.45) is 4.99 Å². The number of hydrogen-bond donors (Lipinski definition) is 0. The van der Waals surface area contributed by atoms with E-state index in [1.165, 1.54) is 0 Å². The lowest BCUT2D eigenvalue weighted by molar-refractivity contribution is -0.113. The van der Waals surface area contributed by atoms with Gasteiger partial charge in [-0.1, -0.05) is 35.4 Å². The number of nitrogens with zero attached hydrogens (tertiary/aromatic N) is 2. The number of carbonyl (C=O) groups excluding carboxylic acids is 1. The van der Waals surface area contributed by atoms with Crippen molar-refractivity contribution in [1.29, 1.82) is 0 Å². The first-order valence-electron chi connectivity index (χ1n) is 10.1. The Morgan fingerprint density at radius 3 is 2.28 bits per heavy atom. The van der Waals surface area contributed by atoms with E-state index in [-0.39, 0.29) is 5.91 Å². The molecule has 4 rings (SSSR count). The van der Waals surface area contributed by atoms with Gasteiger partial charge in [-0.3, -0.25) is 9.69 Å². The van der Waals surface area contributed by atoms with E-state index in [0.717, 1.165) is 27.9 Å². The van der Waals surface area contributed by atoms with E-state index in [9.17, 15) is 4.79 Å². The lowest BCUT2D eigenvalue weighted by Gasteiger charge is -2.21. The molecular weight excluding hydrogens is 424 g/mol. The van der Waals surface area contributed by atoms with Crippen LogP contribution in [0.5, 0.6) is 11.5 Å². The molecule has 1 aliphatic heterocycles. The summed E-state index contributed by atoms with van der Waals surface area (Å²) in [5.74, 6) is 1.57. The molecule has 3 aromatic carbocycles. The molecule has 0 aromatic heterocycles. The second-order valence-corrected chi connectivity index (χ2v) is 7.95. The Labute approximate surface area is 192 Å². The van der Waals surface area contributed by atoms with Gasteiger partial charge in [0, 0.05) is 10.6 Å². The number of aliphatic imine (C=N–C) groups is 1. The molecule has 1 aliphatic rings. The molecule has 0 spiro atoms. The van der Waals surface area contributed by atoms with E-state index in [4.69, 9.17) is 26.1 Å². The van der Waals surface area contributed by atoms with Gasteiger partial charge in [0.2, 0.25) is 0 Å². The van der Waals surface area contributed by atoms with E-state index >= 15 is 0 Å². The van der Waals surface area contributed by atoms with Crippen LogP contribution < -0.4 is 14.4 Å². The summed E-state index contributed by atoms with van der Waals surface area (Å²) in [4.78, 5) is 19.9. The van der Waals surface area contributed by atoms with E-state index in [1.54, 1.807) is 43.4 Å². The number of anilines is 1. The van der Waals surface area contributed by atoms with Gasteiger partial charge < -0.3 is 9.47 Å². The van der Waals surface area contributed by atoms with Crippen molar-refractivity contribution in [3.05, 3.63) is 93.6 Å². The van der Waals surface area contributed by atoms with Crippen LogP contribution in [0.3, 0.4) is 0 Å². The zero-order valence-electron chi connectivity index (χ0n) is 18.3. The predicted octanol–water partition coefficient (Wildman–Crippen LogP) is 5.81. The topological polar surface area (TPSA) is 51.1 Å². The smallest absolute Gasteiger partial charge is 0.282 e. The molecule has 0 radical (unpaired) electrons. The fourth-order valence-electron chi connectivity index (χ4n) is 3.69. The second kappa shape index (κ2) is 8.89. The third kappa shape index (κ3) is 4.12. The first-order chi connectivity index (χ1) is 15.4. The predicted molar refractivity (Wildman–Crippen MR) is 129 cm³/mol. The molecule has 0 saturated carbocycles. The Kier molecular flexibility index (Phi) is 6.01. The molecule has 32 heavy (non-hydrogen) atoms. The van der Waals surface area contributed by atoms with Crippen LogP contribution in [0.1, 0.15) is 22.3 Å². The first-order valence-corrected chi connectivity index (χ1v) is 10.5. The maximum Gasteiger partial charge on any atom is 0.282 e. The molecular formula is C26H23ClN2O3. The molecule has 5 nitrogen and oxygen atoms in total. The van der Waals surface area contributed by atoms with Crippen molar-refractivity contribution >= 4 is 35.1 Å². The van der Waals surface area contributed by atoms with Crippen molar-refractivity contribution in [2.75, 3.05) is 19.1 Å². The number of halogens is 1. The summed E-state index contributed by atoms with van der Waals surface area (Å²) in [6.07, 6.45) is 1.75.